The maximum atomic E-state index is 12.2. The number of fused-ring (bicyclic) bond motifs is 3. The summed E-state index contributed by atoms with van der Waals surface area (Å²) in [4.78, 5) is 12.2. The number of Topliss-reactive ketones (excluding diaryl/α,β-unsaturated/α-hetero) is 1. The van der Waals surface area contributed by atoms with Crippen molar-refractivity contribution in [2.75, 3.05) is 0 Å². The molecule has 1 nitrogen and oxygen atoms in total. The van der Waals surface area contributed by atoms with Crippen LogP contribution < -0.4 is 5.46 Å². The van der Waals surface area contributed by atoms with E-state index in [0.29, 0.717) is 11.7 Å². The zero-order chi connectivity index (χ0) is 11.1. The number of carbonyl (C=O) groups excluding carboxylic acids is 1. The Morgan fingerprint density at radius 2 is 2.25 bits per heavy atom. The van der Waals surface area contributed by atoms with Crippen LogP contribution in [0.4, 0.5) is 0 Å². The van der Waals surface area contributed by atoms with Crippen molar-refractivity contribution < 1.29 is 4.79 Å². The number of allylic oxidation sites excluding steroid dienone is 2. The summed E-state index contributed by atoms with van der Waals surface area (Å²) in [6.45, 7) is 2.03. The molecule has 16 heavy (non-hydrogen) atoms. The van der Waals surface area contributed by atoms with Crippen molar-refractivity contribution in [3.05, 3.63) is 41.5 Å². The predicted molar refractivity (Wildman–Crippen MR) is 66.6 cm³/mol. The zero-order valence-corrected chi connectivity index (χ0v) is 9.44. The summed E-state index contributed by atoms with van der Waals surface area (Å²) in [7, 11) is 2.09. The summed E-state index contributed by atoms with van der Waals surface area (Å²) >= 11 is 0. The number of hydrogen-bond donors (Lipinski definition) is 0. The van der Waals surface area contributed by atoms with Crippen molar-refractivity contribution in [2.24, 2.45) is 5.92 Å². The maximum absolute atomic E-state index is 12.2. The fourth-order valence-electron chi connectivity index (χ4n) is 2.91. The molecule has 2 aliphatic rings. The third kappa shape index (κ3) is 1.29. The third-order valence-corrected chi connectivity index (χ3v) is 3.79. The number of ketones is 1. The molecule has 0 aliphatic heterocycles. The topological polar surface area (TPSA) is 17.1 Å². The average Bonchev–Trinajstić information content (AvgIpc) is 2.64. The van der Waals surface area contributed by atoms with Gasteiger partial charge in [0.2, 0.25) is 0 Å². The molecular formula is C14H14BO. The van der Waals surface area contributed by atoms with Crippen LogP contribution in [0.25, 0.3) is 0 Å². The molecule has 1 aromatic carbocycles. The molecule has 3 rings (SSSR count). The largest absolute Gasteiger partial charge is 0.294 e. The summed E-state index contributed by atoms with van der Waals surface area (Å²) in [6, 6.07) is 6.21. The van der Waals surface area contributed by atoms with Crippen LogP contribution in [-0.2, 0) is 0 Å². The molecule has 0 spiro atoms. The first kappa shape index (κ1) is 9.89. The van der Waals surface area contributed by atoms with E-state index in [0.717, 1.165) is 18.4 Å². The lowest BCUT2D eigenvalue weighted by Crippen LogP contribution is -2.14. The highest BCUT2D eigenvalue weighted by molar-refractivity contribution is 6.52. The van der Waals surface area contributed by atoms with Crippen LogP contribution in [-0.4, -0.2) is 13.1 Å². The monoisotopic (exact) mass is 209 g/mol. The van der Waals surface area contributed by atoms with E-state index >= 15 is 0 Å². The summed E-state index contributed by atoms with van der Waals surface area (Å²) < 4.78 is 0. The summed E-state index contributed by atoms with van der Waals surface area (Å²) in [5, 5.41) is 0. The second kappa shape index (κ2) is 3.62. The average molecular weight is 209 g/mol. The van der Waals surface area contributed by atoms with Crippen LogP contribution in [0.5, 0.6) is 0 Å². The summed E-state index contributed by atoms with van der Waals surface area (Å²) in [6.07, 6.45) is 6.50. The molecule has 0 heterocycles. The number of carbonyl (C=O) groups is 1. The van der Waals surface area contributed by atoms with Crippen molar-refractivity contribution >= 4 is 18.5 Å². The molecule has 79 valence electrons. The Labute approximate surface area is 96.8 Å². The highest BCUT2D eigenvalue weighted by atomic mass is 16.1. The van der Waals surface area contributed by atoms with E-state index in [1.807, 2.05) is 19.0 Å². The quantitative estimate of drug-likeness (QED) is 0.512. The Hall–Kier alpha value is -1.31. The lowest BCUT2D eigenvalue weighted by molar-refractivity contribution is 0.0922. The highest BCUT2D eigenvalue weighted by Crippen LogP contribution is 2.42. The van der Waals surface area contributed by atoms with Crippen LogP contribution in [0.3, 0.4) is 0 Å². The van der Waals surface area contributed by atoms with Crippen molar-refractivity contribution in [2.45, 2.75) is 25.6 Å². The van der Waals surface area contributed by atoms with Crippen molar-refractivity contribution in [1.82, 2.24) is 0 Å². The second-order valence-electron chi connectivity index (χ2n) is 4.64. The van der Waals surface area contributed by atoms with E-state index in [1.54, 1.807) is 0 Å². The smallest absolute Gasteiger partial charge is 0.167 e. The van der Waals surface area contributed by atoms with Gasteiger partial charge in [-0.05, 0) is 18.4 Å². The third-order valence-electron chi connectivity index (χ3n) is 3.79. The lowest BCUT2D eigenvalue weighted by Gasteiger charge is -2.19. The second-order valence-corrected chi connectivity index (χ2v) is 4.64. The van der Waals surface area contributed by atoms with E-state index in [1.165, 1.54) is 11.0 Å². The van der Waals surface area contributed by atoms with Gasteiger partial charge >= 0.3 is 0 Å². The highest BCUT2D eigenvalue weighted by Gasteiger charge is 2.38. The van der Waals surface area contributed by atoms with Gasteiger partial charge < -0.3 is 0 Å². The molecule has 2 atom stereocenters. The Morgan fingerprint density at radius 1 is 1.38 bits per heavy atom. The minimum atomic E-state index is 0.215. The van der Waals surface area contributed by atoms with E-state index in [4.69, 9.17) is 0 Å². The molecule has 0 bridgehead atoms. The van der Waals surface area contributed by atoms with Gasteiger partial charge in [-0.3, -0.25) is 4.79 Å². The molecule has 2 heteroatoms. The first-order valence-corrected chi connectivity index (χ1v) is 5.95. The van der Waals surface area contributed by atoms with E-state index in [-0.39, 0.29) is 5.92 Å². The van der Waals surface area contributed by atoms with Crippen LogP contribution >= 0.6 is 0 Å². The molecule has 2 aliphatic carbocycles. The predicted octanol–water partition coefficient (Wildman–Crippen LogP) is 2.31. The first-order chi connectivity index (χ1) is 7.81. The molecule has 0 amide bonds. The van der Waals surface area contributed by atoms with Gasteiger partial charge in [0, 0.05) is 17.4 Å². The van der Waals surface area contributed by atoms with Gasteiger partial charge in [0.05, 0.1) is 0 Å². The Kier molecular flexibility index (Phi) is 2.24. The molecule has 0 saturated carbocycles. The maximum Gasteiger partial charge on any atom is 0.167 e. The van der Waals surface area contributed by atoms with Crippen LogP contribution in [0, 0.1) is 5.92 Å². The number of benzene rings is 1. The van der Waals surface area contributed by atoms with Crippen LogP contribution in [0.1, 0.15) is 34.7 Å². The van der Waals surface area contributed by atoms with E-state index in [9.17, 15) is 4.79 Å². The number of rotatable bonds is 1. The molecule has 0 fully saturated rings. The SMILES string of the molecule is C[B]c1ccc2c(c1)C1C=CCCC1C2=O. The van der Waals surface area contributed by atoms with E-state index < -0.39 is 0 Å². The molecule has 0 aromatic heterocycles. The standard InChI is InChI=1S/C14H14BO/c1-15-9-6-7-12-13(8-9)10-4-2-3-5-11(10)14(12)16/h2,4,6-8,10-11H,3,5H2,1H3. The lowest BCUT2D eigenvalue weighted by atomic mass is 9.72. The minimum Gasteiger partial charge on any atom is -0.294 e. The van der Waals surface area contributed by atoms with Crippen LogP contribution in [0.2, 0.25) is 6.82 Å². The minimum absolute atomic E-state index is 0.215. The van der Waals surface area contributed by atoms with Crippen molar-refractivity contribution in [3.8, 4) is 0 Å². The zero-order valence-electron chi connectivity index (χ0n) is 9.44. The Balaban J connectivity index is 2.13. The normalized spacial score (nSPS) is 26.4. The Bertz CT molecular complexity index is 476. The fraction of sp³-hybridized carbons (Fsp3) is 0.357. The Morgan fingerprint density at radius 3 is 3.06 bits per heavy atom. The molecule has 1 aromatic rings. The number of hydrogen-bond acceptors (Lipinski definition) is 1. The van der Waals surface area contributed by atoms with Gasteiger partial charge in [-0.15, -0.1) is 0 Å². The van der Waals surface area contributed by atoms with Gasteiger partial charge in [-0.25, -0.2) is 0 Å². The summed E-state index contributed by atoms with van der Waals surface area (Å²) in [5.74, 6) is 0.912. The molecular weight excluding hydrogens is 195 g/mol. The van der Waals surface area contributed by atoms with Crippen molar-refractivity contribution in [1.29, 1.82) is 0 Å². The van der Waals surface area contributed by atoms with Gasteiger partial charge in [0.25, 0.3) is 0 Å². The molecule has 0 N–H and O–H groups in total. The van der Waals surface area contributed by atoms with E-state index in [2.05, 4.69) is 25.5 Å². The first-order valence-electron chi connectivity index (χ1n) is 5.95. The van der Waals surface area contributed by atoms with Gasteiger partial charge in [0.15, 0.2) is 5.78 Å². The molecule has 0 saturated heterocycles. The van der Waals surface area contributed by atoms with Gasteiger partial charge in [-0.1, -0.05) is 42.6 Å². The van der Waals surface area contributed by atoms with Crippen LogP contribution in [0.15, 0.2) is 30.4 Å². The fourth-order valence-corrected chi connectivity index (χ4v) is 2.91. The molecule has 1 radical (unpaired) electrons. The van der Waals surface area contributed by atoms with Gasteiger partial charge in [-0.2, -0.15) is 0 Å². The molecule has 2 unspecified atom stereocenters. The van der Waals surface area contributed by atoms with Crippen molar-refractivity contribution in [3.63, 3.8) is 0 Å². The summed E-state index contributed by atoms with van der Waals surface area (Å²) in [5.41, 5.74) is 3.40. The van der Waals surface area contributed by atoms with Gasteiger partial charge in [0.1, 0.15) is 7.28 Å².